The normalized spacial score (nSPS) is 17.2. The third-order valence-corrected chi connectivity index (χ3v) is 3.79. The number of carbonyl (C=O) groups excluding carboxylic acids is 1. The average molecular weight is 255 g/mol. The summed E-state index contributed by atoms with van der Waals surface area (Å²) in [5.41, 5.74) is 0.416. The highest BCUT2D eigenvalue weighted by Crippen LogP contribution is 2.19. The van der Waals surface area contributed by atoms with Crippen LogP contribution in [0, 0.1) is 0 Å². The second-order valence-corrected chi connectivity index (χ2v) is 5.33. The predicted octanol–water partition coefficient (Wildman–Crippen LogP) is 1.39. The van der Waals surface area contributed by atoms with E-state index in [4.69, 9.17) is 4.74 Å². The lowest BCUT2D eigenvalue weighted by Crippen LogP contribution is -2.21. The van der Waals surface area contributed by atoms with Crippen LogP contribution >= 0.6 is 11.8 Å². The predicted molar refractivity (Wildman–Crippen MR) is 66.3 cm³/mol. The SMILES string of the molecule is CC(=O)c1cn(CCOC2CCSCC2)nn1. The molecular formula is C11H17N3O2S. The van der Waals surface area contributed by atoms with Crippen LogP contribution in [0.3, 0.4) is 0 Å². The lowest BCUT2D eigenvalue weighted by atomic mass is 10.2. The molecule has 0 spiro atoms. The van der Waals surface area contributed by atoms with Gasteiger partial charge in [0, 0.05) is 6.92 Å². The first-order valence-electron chi connectivity index (χ1n) is 5.86. The van der Waals surface area contributed by atoms with Gasteiger partial charge in [-0.15, -0.1) is 5.10 Å². The molecule has 0 aliphatic carbocycles. The second-order valence-electron chi connectivity index (χ2n) is 4.11. The third kappa shape index (κ3) is 3.81. The number of ether oxygens (including phenoxy) is 1. The van der Waals surface area contributed by atoms with Gasteiger partial charge >= 0.3 is 0 Å². The van der Waals surface area contributed by atoms with E-state index in [1.54, 1.807) is 10.9 Å². The third-order valence-electron chi connectivity index (χ3n) is 2.74. The zero-order valence-electron chi connectivity index (χ0n) is 9.96. The molecule has 0 aromatic carbocycles. The maximum atomic E-state index is 11.0. The molecule has 2 rings (SSSR count). The molecule has 0 bridgehead atoms. The number of aromatic nitrogens is 3. The van der Waals surface area contributed by atoms with Crippen LogP contribution < -0.4 is 0 Å². The van der Waals surface area contributed by atoms with Gasteiger partial charge < -0.3 is 4.74 Å². The molecule has 0 unspecified atom stereocenters. The van der Waals surface area contributed by atoms with Gasteiger partial charge in [-0.1, -0.05) is 5.21 Å². The number of Topliss-reactive ketones (excluding diaryl/α,β-unsaturated/α-hetero) is 1. The highest BCUT2D eigenvalue weighted by molar-refractivity contribution is 7.99. The fourth-order valence-corrected chi connectivity index (χ4v) is 2.79. The zero-order valence-corrected chi connectivity index (χ0v) is 10.8. The van der Waals surface area contributed by atoms with Crippen LogP contribution in [0.1, 0.15) is 30.3 Å². The fourth-order valence-electron chi connectivity index (χ4n) is 1.72. The Bertz CT molecular complexity index is 375. The highest BCUT2D eigenvalue weighted by Gasteiger charge is 2.13. The van der Waals surface area contributed by atoms with E-state index in [2.05, 4.69) is 10.3 Å². The summed E-state index contributed by atoms with van der Waals surface area (Å²) >= 11 is 1.99. The summed E-state index contributed by atoms with van der Waals surface area (Å²) in [6.07, 6.45) is 4.34. The molecule has 0 radical (unpaired) electrons. The van der Waals surface area contributed by atoms with Gasteiger partial charge in [0.05, 0.1) is 25.5 Å². The van der Waals surface area contributed by atoms with E-state index in [1.165, 1.54) is 18.4 Å². The van der Waals surface area contributed by atoms with E-state index in [0.29, 0.717) is 24.9 Å². The van der Waals surface area contributed by atoms with Crippen LogP contribution in [0.5, 0.6) is 0 Å². The van der Waals surface area contributed by atoms with Crippen LogP contribution in [0.2, 0.25) is 0 Å². The van der Waals surface area contributed by atoms with Crippen LogP contribution in [-0.2, 0) is 11.3 Å². The summed E-state index contributed by atoms with van der Waals surface area (Å²) in [7, 11) is 0. The molecule has 1 aliphatic heterocycles. The van der Waals surface area contributed by atoms with Crippen LogP contribution in [-0.4, -0.2) is 45.0 Å². The molecule has 0 saturated carbocycles. The minimum absolute atomic E-state index is 0.0542. The van der Waals surface area contributed by atoms with E-state index in [9.17, 15) is 4.79 Å². The van der Waals surface area contributed by atoms with Crippen molar-refractivity contribution in [3.05, 3.63) is 11.9 Å². The molecule has 1 aliphatic rings. The van der Waals surface area contributed by atoms with Crippen LogP contribution in [0.4, 0.5) is 0 Å². The summed E-state index contributed by atoms with van der Waals surface area (Å²) in [5, 5.41) is 7.67. The summed E-state index contributed by atoms with van der Waals surface area (Å²) in [6.45, 7) is 2.78. The zero-order chi connectivity index (χ0) is 12.1. The monoisotopic (exact) mass is 255 g/mol. The van der Waals surface area contributed by atoms with Gasteiger partial charge in [0.25, 0.3) is 0 Å². The summed E-state index contributed by atoms with van der Waals surface area (Å²) in [6, 6.07) is 0. The van der Waals surface area contributed by atoms with Crippen LogP contribution in [0.15, 0.2) is 6.20 Å². The molecule has 0 atom stereocenters. The van der Waals surface area contributed by atoms with Gasteiger partial charge in [-0.3, -0.25) is 4.79 Å². The number of carbonyl (C=O) groups is 1. The van der Waals surface area contributed by atoms with Gasteiger partial charge in [-0.25, -0.2) is 4.68 Å². The summed E-state index contributed by atoms with van der Waals surface area (Å²) in [5.74, 6) is 2.34. The molecule has 17 heavy (non-hydrogen) atoms. The summed E-state index contributed by atoms with van der Waals surface area (Å²) in [4.78, 5) is 11.0. The van der Waals surface area contributed by atoms with Crippen molar-refractivity contribution in [2.75, 3.05) is 18.1 Å². The van der Waals surface area contributed by atoms with Gasteiger partial charge in [0.1, 0.15) is 5.69 Å². The Hall–Kier alpha value is -0.880. The van der Waals surface area contributed by atoms with E-state index >= 15 is 0 Å². The van der Waals surface area contributed by atoms with Crippen molar-refractivity contribution in [3.63, 3.8) is 0 Å². The largest absolute Gasteiger partial charge is 0.376 e. The fraction of sp³-hybridized carbons (Fsp3) is 0.727. The number of thioether (sulfide) groups is 1. The van der Waals surface area contributed by atoms with E-state index in [1.807, 2.05) is 11.8 Å². The Labute approximate surface area is 105 Å². The molecule has 94 valence electrons. The lowest BCUT2D eigenvalue weighted by molar-refractivity contribution is 0.0413. The second kappa shape index (κ2) is 6.16. The first kappa shape index (κ1) is 12.6. The number of nitrogens with zero attached hydrogens (tertiary/aromatic N) is 3. The lowest BCUT2D eigenvalue weighted by Gasteiger charge is -2.21. The number of ketones is 1. The van der Waals surface area contributed by atoms with Crippen LogP contribution in [0.25, 0.3) is 0 Å². The molecule has 1 saturated heterocycles. The van der Waals surface area contributed by atoms with Crippen molar-refractivity contribution < 1.29 is 9.53 Å². The van der Waals surface area contributed by atoms with Crippen molar-refractivity contribution in [1.82, 2.24) is 15.0 Å². The van der Waals surface area contributed by atoms with E-state index < -0.39 is 0 Å². The van der Waals surface area contributed by atoms with Crippen molar-refractivity contribution in [1.29, 1.82) is 0 Å². The molecule has 1 aromatic heterocycles. The van der Waals surface area contributed by atoms with E-state index in [-0.39, 0.29) is 5.78 Å². The number of rotatable bonds is 5. The van der Waals surface area contributed by atoms with Crippen molar-refractivity contribution in [2.45, 2.75) is 32.4 Å². The Balaban J connectivity index is 1.71. The van der Waals surface area contributed by atoms with Crippen molar-refractivity contribution >= 4 is 17.5 Å². The summed E-state index contributed by atoms with van der Waals surface area (Å²) < 4.78 is 7.43. The molecule has 6 heteroatoms. The van der Waals surface area contributed by atoms with Crippen molar-refractivity contribution in [3.8, 4) is 0 Å². The Morgan fingerprint density at radius 3 is 3.00 bits per heavy atom. The Kier molecular flexibility index (Phi) is 4.56. The number of hydrogen-bond donors (Lipinski definition) is 0. The minimum Gasteiger partial charge on any atom is -0.376 e. The standard InChI is InChI=1S/C11H17N3O2S/c1-9(15)11-8-14(13-12-11)4-5-16-10-2-6-17-7-3-10/h8,10H,2-7H2,1H3. The number of hydrogen-bond acceptors (Lipinski definition) is 5. The molecule has 0 amide bonds. The molecule has 1 fully saturated rings. The first-order chi connectivity index (χ1) is 8.25. The molecule has 1 aromatic rings. The quantitative estimate of drug-likeness (QED) is 0.744. The first-order valence-corrected chi connectivity index (χ1v) is 7.01. The smallest absolute Gasteiger partial charge is 0.181 e. The maximum Gasteiger partial charge on any atom is 0.181 e. The van der Waals surface area contributed by atoms with Gasteiger partial charge in [-0.2, -0.15) is 11.8 Å². The molecule has 0 N–H and O–H groups in total. The Morgan fingerprint density at radius 1 is 1.59 bits per heavy atom. The van der Waals surface area contributed by atoms with Gasteiger partial charge in [0.2, 0.25) is 0 Å². The van der Waals surface area contributed by atoms with Gasteiger partial charge in [0.15, 0.2) is 5.78 Å². The topological polar surface area (TPSA) is 57.0 Å². The minimum atomic E-state index is -0.0542. The molecule has 5 nitrogen and oxygen atoms in total. The van der Waals surface area contributed by atoms with Gasteiger partial charge in [-0.05, 0) is 24.3 Å². The molecule has 2 heterocycles. The maximum absolute atomic E-state index is 11.0. The Morgan fingerprint density at radius 2 is 2.35 bits per heavy atom. The van der Waals surface area contributed by atoms with E-state index in [0.717, 1.165) is 12.8 Å². The average Bonchev–Trinajstić information content (AvgIpc) is 2.79. The highest BCUT2D eigenvalue weighted by atomic mass is 32.2. The van der Waals surface area contributed by atoms with Crippen molar-refractivity contribution in [2.24, 2.45) is 0 Å². The molecular weight excluding hydrogens is 238 g/mol.